The van der Waals surface area contributed by atoms with E-state index in [1.807, 2.05) is 0 Å². The number of hydrogen-bond donors (Lipinski definition) is 3. The fraction of sp³-hybridized carbons (Fsp3) is 0.500. The van der Waals surface area contributed by atoms with Gasteiger partial charge < -0.3 is 16.4 Å². The summed E-state index contributed by atoms with van der Waals surface area (Å²) in [6, 6.07) is 3.70. The van der Waals surface area contributed by atoms with Crippen LogP contribution in [-0.4, -0.2) is 35.2 Å². The predicted octanol–water partition coefficient (Wildman–Crippen LogP) is -0.0146. The number of rotatable bonds is 6. The van der Waals surface area contributed by atoms with E-state index in [0.29, 0.717) is 11.9 Å². The quantitative estimate of drug-likeness (QED) is 0.590. The third kappa shape index (κ3) is 4.22. The third-order valence-electron chi connectivity index (χ3n) is 1.90. The number of primary amides is 1. The molecule has 0 saturated carbocycles. The average Bonchev–Trinajstić information content (AvgIpc) is 2.25. The second-order valence-electron chi connectivity index (χ2n) is 3.70. The van der Waals surface area contributed by atoms with Crippen molar-refractivity contribution < 1.29 is 4.79 Å². The van der Waals surface area contributed by atoms with Gasteiger partial charge in [0.25, 0.3) is 5.91 Å². The molecule has 0 radical (unpaired) electrons. The number of amides is 1. The van der Waals surface area contributed by atoms with Crippen LogP contribution in [0, 0.1) is 0 Å². The molecule has 0 aliphatic heterocycles. The monoisotopic (exact) mass is 223 g/mol. The second kappa shape index (κ2) is 6.02. The molecule has 88 valence electrons. The molecule has 0 saturated heterocycles. The standard InChI is InChI=1S/C10H17N5O/c1-7(2)12-5-6-13-9-4-3-8(10(11)16)14-15-9/h3-4,7,12H,5-6H2,1-2H3,(H2,11,16)(H,13,15). The molecule has 1 amide bonds. The molecule has 0 unspecified atom stereocenters. The van der Waals surface area contributed by atoms with Crippen LogP contribution in [-0.2, 0) is 0 Å². The molecule has 0 aliphatic rings. The van der Waals surface area contributed by atoms with Crippen molar-refractivity contribution in [2.24, 2.45) is 5.73 Å². The van der Waals surface area contributed by atoms with E-state index in [2.05, 4.69) is 34.7 Å². The van der Waals surface area contributed by atoms with Gasteiger partial charge in [-0.3, -0.25) is 4.79 Å². The summed E-state index contributed by atoms with van der Waals surface area (Å²) in [5, 5.41) is 13.8. The van der Waals surface area contributed by atoms with Gasteiger partial charge in [0.05, 0.1) is 0 Å². The van der Waals surface area contributed by atoms with Crippen molar-refractivity contribution in [3.63, 3.8) is 0 Å². The molecule has 16 heavy (non-hydrogen) atoms. The van der Waals surface area contributed by atoms with Gasteiger partial charge in [0.1, 0.15) is 5.82 Å². The predicted molar refractivity (Wildman–Crippen MR) is 62.2 cm³/mol. The van der Waals surface area contributed by atoms with Gasteiger partial charge in [0.15, 0.2) is 5.69 Å². The van der Waals surface area contributed by atoms with Gasteiger partial charge in [0, 0.05) is 19.1 Å². The Hall–Kier alpha value is -1.69. The van der Waals surface area contributed by atoms with E-state index >= 15 is 0 Å². The highest BCUT2D eigenvalue weighted by molar-refractivity contribution is 5.90. The maximum atomic E-state index is 10.7. The molecule has 0 aromatic carbocycles. The lowest BCUT2D eigenvalue weighted by atomic mass is 10.3. The summed E-state index contributed by atoms with van der Waals surface area (Å²) in [6.45, 7) is 5.77. The summed E-state index contributed by atoms with van der Waals surface area (Å²) in [4.78, 5) is 10.7. The first-order chi connectivity index (χ1) is 7.59. The molecule has 0 atom stereocenters. The topological polar surface area (TPSA) is 92.9 Å². The van der Waals surface area contributed by atoms with Gasteiger partial charge in [-0.1, -0.05) is 13.8 Å². The largest absolute Gasteiger partial charge is 0.367 e. The number of nitrogens with one attached hydrogen (secondary N) is 2. The lowest BCUT2D eigenvalue weighted by Crippen LogP contribution is -2.28. The van der Waals surface area contributed by atoms with Crippen LogP contribution in [0.4, 0.5) is 5.82 Å². The number of nitrogens with two attached hydrogens (primary N) is 1. The van der Waals surface area contributed by atoms with Gasteiger partial charge in [0.2, 0.25) is 0 Å². The summed E-state index contributed by atoms with van der Waals surface area (Å²) >= 11 is 0. The molecule has 1 aromatic rings. The van der Waals surface area contributed by atoms with Crippen LogP contribution in [0.25, 0.3) is 0 Å². The maximum Gasteiger partial charge on any atom is 0.269 e. The van der Waals surface area contributed by atoms with Crippen LogP contribution in [0.5, 0.6) is 0 Å². The highest BCUT2D eigenvalue weighted by Gasteiger charge is 2.02. The van der Waals surface area contributed by atoms with Crippen LogP contribution in [0.2, 0.25) is 0 Å². The Bertz CT molecular complexity index is 336. The number of hydrogen-bond acceptors (Lipinski definition) is 5. The van der Waals surface area contributed by atoms with Crippen LogP contribution in [0.3, 0.4) is 0 Å². The molecule has 6 nitrogen and oxygen atoms in total. The maximum absolute atomic E-state index is 10.7. The molecule has 0 bridgehead atoms. The zero-order valence-electron chi connectivity index (χ0n) is 9.53. The Morgan fingerprint density at radius 1 is 1.38 bits per heavy atom. The summed E-state index contributed by atoms with van der Waals surface area (Å²) in [5.74, 6) is 0.0658. The molecule has 1 rings (SSSR count). The van der Waals surface area contributed by atoms with Gasteiger partial charge in [-0.25, -0.2) is 0 Å². The summed E-state index contributed by atoms with van der Waals surface area (Å²) < 4.78 is 0. The molecular weight excluding hydrogens is 206 g/mol. The Morgan fingerprint density at radius 2 is 2.12 bits per heavy atom. The number of nitrogens with zero attached hydrogens (tertiary/aromatic N) is 2. The Morgan fingerprint density at radius 3 is 2.62 bits per heavy atom. The minimum atomic E-state index is -0.569. The minimum absolute atomic E-state index is 0.172. The van der Waals surface area contributed by atoms with Gasteiger partial charge >= 0.3 is 0 Å². The van der Waals surface area contributed by atoms with Crippen LogP contribution in [0.1, 0.15) is 24.3 Å². The van der Waals surface area contributed by atoms with Gasteiger partial charge in [-0.05, 0) is 12.1 Å². The van der Waals surface area contributed by atoms with Crippen LogP contribution in [0.15, 0.2) is 12.1 Å². The van der Waals surface area contributed by atoms with Crippen molar-refractivity contribution in [3.8, 4) is 0 Å². The van der Waals surface area contributed by atoms with Gasteiger partial charge in [-0.2, -0.15) is 0 Å². The zero-order valence-corrected chi connectivity index (χ0v) is 9.53. The van der Waals surface area contributed by atoms with Crippen molar-refractivity contribution >= 4 is 11.7 Å². The van der Waals surface area contributed by atoms with E-state index in [4.69, 9.17) is 5.73 Å². The SMILES string of the molecule is CC(C)NCCNc1ccc(C(N)=O)nn1. The minimum Gasteiger partial charge on any atom is -0.367 e. The molecule has 1 aromatic heterocycles. The molecule has 0 fully saturated rings. The van der Waals surface area contributed by atoms with E-state index in [-0.39, 0.29) is 5.69 Å². The average molecular weight is 223 g/mol. The van der Waals surface area contributed by atoms with Crippen molar-refractivity contribution in [3.05, 3.63) is 17.8 Å². The third-order valence-corrected chi connectivity index (χ3v) is 1.90. The van der Waals surface area contributed by atoms with E-state index in [1.165, 1.54) is 0 Å². The number of aromatic nitrogens is 2. The first-order valence-electron chi connectivity index (χ1n) is 5.20. The summed E-state index contributed by atoms with van der Waals surface area (Å²) in [5.41, 5.74) is 5.22. The molecule has 0 aliphatic carbocycles. The Balaban J connectivity index is 2.35. The molecule has 1 heterocycles. The normalized spacial score (nSPS) is 10.4. The van der Waals surface area contributed by atoms with Crippen molar-refractivity contribution in [1.82, 2.24) is 15.5 Å². The molecule has 6 heteroatoms. The van der Waals surface area contributed by atoms with Crippen molar-refractivity contribution in [2.45, 2.75) is 19.9 Å². The van der Waals surface area contributed by atoms with E-state index < -0.39 is 5.91 Å². The first kappa shape index (κ1) is 12.4. The van der Waals surface area contributed by atoms with E-state index in [9.17, 15) is 4.79 Å². The Kier molecular flexibility index (Phi) is 4.65. The molecular formula is C10H17N5O. The molecule has 4 N–H and O–H groups in total. The number of carbonyl (C=O) groups excluding carboxylic acids is 1. The highest BCUT2D eigenvalue weighted by Crippen LogP contribution is 2.00. The fourth-order valence-electron chi connectivity index (χ4n) is 1.11. The Labute approximate surface area is 94.6 Å². The fourth-order valence-corrected chi connectivity index (χ4v) is 1.11. The highest BCUT2D eigenvalue weighted by atomic mass is 16.1. The van der Waals surface area contributed by atoms with Gasteiger partial charge in [-0.15, -0.1) is 10.2 Å². The lowest BCUT2D eigenvalue weighted by molar-refractivity contribution is 0.0994. The zero-order chi connectivity index (χ0) is 12.0. The van der Waals surface area contributed by atoms with Crippen molar-refractivity contribution in [1.29, 1.82) is 0 Å². The summed E-state index contributed by atoms with van der Waals surface area (Å²) in [6.07, 6.45) is 0. The van der Waals surface area contributed by atoms with Crippen molar-refractivity contribution in [2.75, 3.05) is 18.4 Å². The van der Waals surface area contributed by atoms with E-state index in [0.717, 1.165) is 13.1 Å². The molecule has 0 spiro atoms. The van der Waals surface area contributed by atoms with Crippen LogP contribution >= 0.6 is 0 Å². The first-order valence-corrected chi connectivity index (χ1v) is 5.20. The number of carbonyl (C=O) groups is 1. The summed E-state index contributed by atoms with van der Waals surface area (Å²) in [7, 11) is 0. The second-order valence-corrected chi connectivity index (χ2v) is 3.70. The lowest BCUT2D eigenvalue weighted by Gasteiger charge is -2.08. The van der Waals surface area contributed by atoms with E-state index in [1.54, 1.807) is 12.1 Å². The number of anilines is 1. The smallest absolute Gasteiger partial charge is 0.269 e. The van der Waals surface area contributed by atoms with Crippen LogP contribution < -0.4 is 16.4 Å².